The molecule has 5 nitrogen and oxygen atoms in total. The van der Waals surface area contributed by atoms with Gasteiger partial charge in [0.2, 0.25) is 0 Å². The van der Waals surface area contributed by atoms with Crippen molar-refractivity contribution in [3.63, 3.8) is 0 Å². The third-order valence-corrected chi connectivity index (χ3v) is 3.28. The molecule has 0 saturated heterocycles. The van der Waals surface area contributed by atoms with Crippen LogP contribution in [0.25, 0.3) is 0 Å². The fourth-order valence-electron chi connectivity index (χ4n) is 2.40. The van der Waals surface area contributed by atoms with Crippen molar-refractivity contribution in [2.24, 2.45) is 0 Å². The molecule has 2 aromatic carbocycles. The molecule has 0 aliphatic heterocycles. The minimum absolute atomic E-state index is 0.0208. The van der Waals surface area contributed by atoms with Crippen molar-refractivity contribution >= 4 is 17.1 Å². The number of nitrogen functional groups attached to an aromatic ring is 1. The van der Waals surface area contributed by atoms with Gasteiger partial charge in [0, 0.05) is 16.8 Å². The molecule has 6 N–H and O–H groups in total. The van der Waals surface area contributed by atoms with Crippen LogP contribution >= 0.6 is 0 Å². The van der Waals surface area contributed by atoms with Crippen LogP contribution in [0.1, 0.15) is 22.3 Å². The highest BCUT2D eigenvalue weighted by Gasteiger charge is 2.30. The van der Waals surface area contributed by atoms with E-state index in [4.69, 9.17) is 16.6 Å². The van der Waals surface area contributed by atoms with Crippen LogP contribution in [-0.4, -0.2) is 21.6 Å². The summed E-state index contributed by atoms with van der Waals surface area (Å²) >= 11 is 0. The highest BCUT2D eigenvalue weighted by atomic mass is 16.3. The largest absolute Gasteiger partial charge is 0.507 e. The molecule has 0 atom stereocenters. The number of hydrogen-bond acceptors (Lipinski definition) is 5. The minimum atomic E-state index is -0.0899. The lowest BCUT2D eigenvalue weighted by Gasteiger charge is -2.24. The van der Waals surface area contributed by atoms with E-state index in [0.717, 1.165) is 0 Å². The third-order valence-electron chi connectivity index (χ3n) is 3.28. The van der Waals surface area contributed by atoms with Crippen molar-refractivity contribution in [2.75, 3.05) is 5.73 Å². The van der Waals surface area contributed by atoms with Gasteiger partial charge in [0.1, 0.15) is 11.5 Å². The molecule has 0 aromatic heterocycles. The zero-order chi connectivity index (χ0) is 13.7. The van der Waals surface area contributed by atoms with Gasteiger partial charge in [0.05, 0.1) is 22.6 Å². The molecule has 0 spiro atoms. The Labute approximate surface area is 109 Å². The summed E-state index contributed by atoms with van der Waals surface area (Å²) in [5.74, 6) is -0.159. The van der Waals surface area contributed by atoms with Crippen LogP contribution in [0.15, 0.2) is 30.3 Å². The Balaban J connectivity index is 2.43. The first-order chi connectivity index (χ1) is 9.02. The average Bonchev–Trinajstić information content (AvgIpc) is 2.38. The Morgan fingerprint density at radius 2 is 1.47 bits per heavy atom. The minimum Gasteiger partial charge on any atom is -0.507 e. The van der Waals surface area contributed by atoms with Crippen LogP contribution in [0, 0.1) is 10.8 Å². The van der Waals surface area contributed by atoms with Gasteiger partial charge in [0.15, 0.2) is 0 Å². The monoisotopic (exact) mass is 253 g/mol. The van der Waals surface area contributed by atoms with Gasteiger partial charge < -0.3 is 15.9 Å². The number of rotatable bonds is 0. The Kier molecular flexibility index (Phi) is 2.13. The highest BCUT2D eigenvalue weighted by molar-refractivity contribution is 6.33. The Morgan fingerprint density at radius 1 is 0.789 bits per heavy atom. The van der Waals surface area contributed by atoms with Gasteiger partial charge in [-0.2, -0.15) is 0 Å². The predicted molar refractivity (Wildman–Crippen MR) is 72.5 cm³/mol. The summed E-state index contributed by atoms with van der Waals surface area (Å²) in [5, 5.41) is 36.1. The predicted octanol–water partition coefficient (Wildman–Crippen LogP) is 1.83. The van der Waals surface area contributed by atoms with Crippen molar-refractivity contribution in [3.05, 3.63) is 52.6 Å². The van der Waals surface area contributed by atoms with Crippen LogP contribution in [0.2, 0.25) is 0 Å². The number of anilines is 1. The lowest BCUT2D eigenvalue weighted by molar-refractivity contribution is 0.471. The van der Waals surface area contributed by atoms with Gasteiger partial charge in [-0.25, -0.2) is 0 Å². The fourth-order valence-corrected chi connectivity index (χ4v) is 2.40. The smallest absolute Gasteiger partial charge is 0.125 e. The zero-order valence-electron chi connectivity index (χ0n) is 9.86. The first-order valence-corrected chi connectivity index (χ1v) is 5.64. The number of phenolic OH excluding ortho intramolecular Hbond substituents is 2. The summed E-state index contributed by atoms with van der Waals surface area (Å²) in [6, 6.07) is 7.59. The second-order valence-corrected chi connectivity index (χ2v) is 4.37. The maximum absolute atomic E-state index is 9.91. The molecule has 1 aliphatic rings. The highest BCUT2D eigenvalue weighted by Crippen LogP contribution is 2.38. The molecule has 3 rings (SSSR count). The summed E-state index contributed by atoms with van der Waals surface area (Å²) in [4.78, 5) is 0. The first-order valence-electron chi connectivity index (χ1n) is 5.64. The number of aromatic hydroxyl groups is 2. The van der Waals surface area contributed by atoms with Crippen molar-refractivity contribution in [1.29, 1.82) is 10.8 Å². The maximum atomic E-state index is 9.91. The van der Waals surface area contributed by atoms with Gasteiger partial charge >= 0.3 is 0 Å². The van der Waals surface area contributed by atoms with Gasteiger partial charge in [-0.15, -0.1) is 0 Å². The normalized spacial score (nSPS) is 13.1. The SMILES string of the molecule is N=C1c2c(O)cccc2C(=N)c2c(O)ccc(N)c21. The van der Waals surface area contributed by atoms with Crippen LogP contribution in [0.5, 0.6) is 11.5 Å². The lowest BCUT2D eigenvalue weighted by atomic mass is 9.81. The van der Waals surface area contributed by atoms with E-state index in [-0.39, 0.29) is 34.0 Å². The summed E-state index contributed by atoms with van der Waals surface area (Å²) in [5.41, 5.74) is 7.44. The molecule has 94 valence electrons. The summed E-state index contributed by atoms with van der Waals surface area (Å²) in [6.07, 6.45) is 0. The Hall–Kier alpha value is -2.82. The van der Waals surface area contributed by atoms with Crippen molar-refractivity contribution in [2.45, 2.75) is 0 Å². The van der Waals surface area contributed by atoms with Crippen molar-refractivity contribution < 1.29 is 10.2 Å². The molecule has 0 radical (unpaired) electrons. The number of nitrogens with two attached hydrogens (primary N) is 1. The average molecular weight is 253 g/mol. The Bertz CT molecular complexity index is 751. The molecule has 0 bridgehead atoms. The van der Waals surface area contributed by atoms with E-state index < -0.39 is 0 Å². The number of phenols is 2. The zero-order valence-corrected chi connectivity index (χ0v) is 9.86. The van der Waals surface area contributed by atoms with Crippen molar-refractivity contribution in [1.82, 2.24) is 0 Å². The summed E-state index contributed by atoms with van der Waals surface area (Å²) in [7, 11) is 0. The molecule has 0 saturated carbocycles. The van der Waals surface area contributed by atoms with Crippen LogP contribution in [-0.2, 0) is 0 Å². The van der Waals surface area contributed by atoms with Gasteiger partial charge in [-0.1, -0.05) is 12.1 Å². The summed E-state index contributed by atoms with van der Waals surface area (Å²) < 4.78 is 0. The number of fused-ring (bicyclic) bond motifs is 2. The van der Waals surface area contributed by atoms with Gasteiger partial charge in [0.25, 0.3) is 0 Å². The van der Waals surface area contributed by atoms with Crippen LogP contribution in [0.3, 0.4) is 0 Å². The quantitative estimate of drug-likeness (QED) is 0.311. The molecule has 19 heavy (non-hydrogen) atoms. The summed E-state index contributed by atoms with van der Waals surface area (Å²) in [6.45, 7) is 0. The van der Waals surface area contributed by atoms with E-state index in [1.54, 1.807) is 12.1 Å². The van der Waals surface area contributed by atoms with E-state index in [1.165, 1.54) is 18.2 Å². The number of nitrogens with one attached hydrogen (secondary N) is 2. The van der Waals surface area contributed by atoms with E-state index >= 15 is 0 Å². The molecular formula is C14H11N3O2. The van der Waals surface area contributed by atoms with Crippen LogP contribution in [0.4, 0.5) is 5.69 Å². The molecular weight excluding hydrogens is 242 g/mol. The van der Waals surface area contributed by atoms with Gasteiger partial charge in [-0.05, 0) is 18.2 Å². The number of hydrogen-bond donors (Lipinski definition) is 5. The first kappa shape index (κ1) is 11.3. The van der Waals surface area contributed by atoms with E-state index in [1.807, 2.05) is 0 Å². The van der Waals surface area contributed by atoms with Gasteiger partial charge in [-0.3, -0.25) is 10.8 Å². The molecule has 0 amide bonds. The maximum Gasteiger partial charge on any atom is 0.125 e. The Morgan fingerprint density at radius 3 is 2.21 bits per heavy atom. The standard InChI is InChI=1S/C14H11N3O2/c15-7-4-5-9(19)12-11(7)14(17)10-6(13(12)16)2-1-3-8(10)18/h1-5,16-19H,15H2. The second kappa shape index (κ2) is 3.58. The fraction of sp³-hybridized carbons (Fsp3) is 0. The molecule has 2 aromatic rings. The van der Waals surface area contributed by atoms with E-state index in [2.05, 4.69) is 0 Å². The van der Waals surface area contributed by atoms with E-state index in [9.17, 15) is 10.2 Å². The third kappa shape index (κ3) is 1.35. The second-order valence-electron chi connectivity index (χ2n) is 4.37. The lowest BCUT2D eigenvalue weighted by Crippen LogP contribution is -2.22. The van der Waals surface area contributed by atoms with Crippen LogP contribution < -0.4 is 5.73 Å². The molecule has 5 heteroatoms. The molecule has 0 unspecified atom stereocenters. The van der Waals surface area contributed by atoms with Crippen molar-refractivity contribution in [3.8, 4) is 11.5 Å². The molecule has 0 fully saturated rings. The van der Waals surface area contributed by atoms with E-state index in [0.29, 0.717) is 16.8 Å². The topological polar surface area (TPSA) is 114 Å². The number of benzene rings is 2. The molecule has 0 heterocycles. The molecule has 1 aliphatic carbocycles.